The molecule has 0 aliphatic heterocycles. The van der Waals surface area contributed by atoms with Crippen LogP contribution >= 0.6 is 0 Å². The molecule has 14 heavy (non-hydrogen) atoms. The average Bonchev–Trinajstić information content (AvgIpc) is 2.18. The fourth-order valence-electron chi connectivity index (χ4n) is 1.38. The molecule has 0 radical (unpaired) electrons. The zero-order chi connectivity index (χ0) is 10.4. The van der Waals surface area contributed by atoms with Gasteiger partial charge in [0.2, 0.25) is 0 Å². The second-order valence-corrected chi connectivity index (χ2v) is 3.67. The number of aromatic nitrogens is 1. The summed E-state index contributed by atoms with van der Waals surface area (Å²) in [6.07, 6.45) is 5.97. The minimum atomic E-state index is 0.788. The lowest BCUT2D eigenvalue weighted by molar-refractivity contribution is 0.321. The van der Waals surface area contributed by atoms with E-state index in [-0.39, 0.29) is 0 Å². The second kappa shape index (κ2) is 5.60. The van der Waals surface area contributed by atoms with E-state index in [1.165, 1.54) is 18.4 Å². The predicted octanol–water partition coefficient (Wildman–Crippen LogP) is 1.90. The van der Waals surface area contributed by atoms with Gasteiger partial charge in [-0.15, -0.1) is 0 Å². The SMILES string of the molecule is CCCCN(C)Cc1ccncc1N. The third-order valence-corrected chi connectivity index (χ3v) is 2.28. The van der Waals surface area contributed by atoms with E-state index in [4.69, 9.17) is 5.73 Å². The van der Waals surface area contributed by atoms with E-state index < -0.39 is 0 Å². The number of nitrogens with two attached hydrogens (primary N) is 1. The lowest BCUT2D eigenvalue weighted by atomic mass is 10.2. The van der Waals surface area contributed by atoms with Gasteiger partial charge in [-0.25, -0.2) is 0 Å². The maximum Gasteiger partial charge on any atom is 0.0546 e. The Bertz CT molecular complexity index is 273. The van der Waals surface area contributed by atoms with Crippen LogP contribution in [0.2, 0.25) is 0 Å². The van der Waals surface area contributed by atoms with Gasteiger partial charge in [-0.1, -0.05) is 13.3 Å². The molecule has 1 aromatic heterocycles. The molecule has 0 atom stereocenters. The van der Waals surface area contributed by atoms with Crippen LogP contribution in [0.3, 0.4) is 0 Å². The van der Waals surface area contributed by atoms with E-state index in [1.54, 1.807) is 12.4 Å². The van der Waals surface area contributed by atoms with Crippen LogP contribution < -0.4 is 5.73 Å². The van der Waals surface area contributed by atoms with Crippen molar-refractivity contribution in [1.29, 1.82) is 0 Å². The van der Waals surface area contributed by atoms with Gasteiger partial charge in [0, 0.05) is 12.7 Å². The Morgan fingerprint density at radius 2 is 2.29 bits per heavy atom. The van der Waals surface area contributed by atoms with Crippen molar-refractivity contribution in [2.24, 2.45) is 0 Å². The molecule has 0 bridgehead atoms. The van der Waals surface area contributed by atoms with Crippen LogP contribution in [0.4, 0.5) is 5.69 Å². The zero-order valence-electron chi connectivity index (χ0n) is 9.03. The molecule has 1 heterocycles. The minimum absolute atomic E-state index is 0.788. The summed E-state index contributed by atoms with van der Waals surface area (Å²) in [5.41, 5.74) is 7.76. The van der Waals surface area contributed by atoms with Gasteiger partial charge in [0.05, 0.1) is 11.9 Å². The highest BCUT2D eigenvalue weighted by atomic mass is 15.1. The van der Waals surface area contributed by atoms with Crippen molar-refractivity contribution in [2.45, 2.75) is 26.3 Å². The molecule has 3 nitrogen and oxygen atoms in total. The molecular weight excluding hydrogens is 174 g/mol. The molecule has 0 aliphatic carbocycles. The van der Waals surface area contributed by atoms with Crippen molar-refractivity contribution in [1.82, 2.24) is 9.88 Å². The van der Waals surface area contributed by atoms with Crippen LogP contribution in [-0.2, 0) is 6.54 Å². The van der Waals surface area contributed by atoms with Crippen LogP contribution in [-0.4, -0.2) is 23.5 Å². The summed E-state index contributed by atoms with van der Waals surface area (Å²) in [5, 5.41) is 0. The van der Waals surface area contributed by atoms with Gasteiger partial charge in [-0.3, -0.25) is 4.98 Å². The number of nitrogens with zero attached hydrogens (tertiary/aromatic N) is 2. The number of rotatable bonds is 5. The van der Waals surface area contributed by atoms with Gasteiger partial charge in [-0.05, 0) is 31.6 Å². The van der Waals surface area contributed by atoms with Gasteiger partial charge in [0.1, 0.15) is 0 Å². The van der Waals surface area contributed by atoms with Crippen molar-refractivity contribution < 1.29 is 0 Å². The normalized spacial score (nSPS) is 10.8. The summed E-state index contributed by atoms with van der Waals surface area (Å²) in [4.78, 5) is 6.26. The molecule has 0 fully saturated rings. The topological polar surface area (TPSA) is 42.2 Å². The van der Waals surface area contributed by atoms with E-state index in [0.29, 0.717) is 0 Å². The molecule has 2 N–H and O–H groups in total. The number of hydrogen-bond donors (Lipinski definition) is 1. The Hall–Kier alpha value is -1.09. The van der Waals surface area contributed by atoms with Gasteiger partial charge in [0.25, 0.3) is 0 Å². The van der Waals surface area contributed by atoms with Crippen molar-refractivity contribution in [3.8, 4) is 0 Å². The molecule has 78 valence electrons. The zero-order valence-corrected chi connectivity index (χ0v) is 9.03. The number of hydrogen-bond acceptors (Lipinski definition) is 3. The largest absolute Gasteiger partial charge is 0.397 e. The summed E-state index contributed by atoms with van der Waals surface area (Å²) in [6, 6.07) is 1.98. The predicted molar refractivity (Wildman–Crippen MR) is 59.9 cm³/mol. The molecule has 1 aromatic rings. The Morgan fingerprint density at radius 1 is 1.50 bits per heavy atom. The first kappa shape index (κ1) is 11.0. The third kappa shape index (κ3) is 3.34. The van der Waals surface area contributed by atoms with Crippen molar-refractivity contribution in [3.05, 3.63) is 24.0 Å². The molecule has 3 heteroatoms. The van der Waals surface area contributed by atoms with Crippen molar-refractivity contribution in [3.63, 3.8) is 0 Å². The molecule has 0 saturated carbocycles. The smallest absolute Gasteiger partial charge is 0.0546 e. The van der Waals surface area contributed by atoms with E-state index in [2.05, 4.69) is 23.9 Å². The first-order chi connectivity index (χ1) is 6.74. The van der Waals surface area contributed by atoms with Gasteiger partial charge in [0.15, 0.2) is 0 Å². The highest BCUT2D eigenvalue weighted by Gasteiger charge is 2.02. The molecule has 0 amide bonds. The monoisotopic (exact) mass is 193 g/mol. The van der Waals surface area contributed by atoms with Crippen LogP contribution in [0.5, 0.6) is 0 Å². The molecule has 0 unspecified atom stereocenters. The van der Waals surface area contributed by atoms with E-state index in [9.17, 15) is 0 Å². The van der Waals surface area contributed by atoms with Crippen LogP contribution in [0.15, 0.2) is 18.5 Å². The summed E-state index contributed by atoms with van der Waals surface area (Å²) in [6.45, 7) is 4.24. The first-order valence-corrected chi connectivity index (χ1v) is 5.11. The summed E-state index contributed by atoms with van der Waals surface area (Å²) >= 11 is 0. The highest BCUT2D eigenvalue weighted by Crippen LogP contribution is 2.11. The Morgan fingerprint density at radius 3 is 2.93 bits per heavy atom. The van der Waals surface area contributed by atoms with Crippen LogP contribution in [0, 0.1) is 0 Å². The molecule has 0 spiro atoms. The Kier molecular flexibility index (Phi) is 4.40. The van der Waals surface area contributed by atoms with Gasteiger partial charge in [-0.2, -0.15) is 0 Å². The Labute approximate surface area is 85.9 Å². The number of nitrogen functional groups attached to an aromatic ring is 1. The molecule has 0 aromatic carbocycles. The quantitative estimate of drug-likeness (QED) is 0.776. The lowest BCUT2D eigenvalue weighted by Crippen LogP contribution is -2.19. The summed E-state index contributed by atoms with van der Waals surface area (Å²) in [7, 11) is 2.12. The van der Waals surface area contributed by atoms with Crippen LogP contribution in [0.1, 0.15) is 25.3 Å². The summed E-state index contributed by atoms with van der Waals surface area (Å²) in [5.74, 6) is 0. The number of pyridine rings is 1. The first-order valence-electron chi connectivity index (χ1n) is 5.11. The molecule has 1 rings (SSSR count). The van der Waals surface area contributed by atoms with Gasteiger partial charge < -0.3 is 10.6 Å². The number of unbranched alkanes of at least 4 members (excludes halogenated alkanes) is 1. The third-order valence-electron chi connectivity index (χ3n) is 2.28. The van der Waals surface area contributed by atoms with E-state index >= 15 is 0 Å². The fraction of sp³-hybridized carbons (Fsp3) is 0.545. The molecular formula is C11H19N3. The average molecular weight is 193 g/mol. The van der Waals surface area contributed by atoms with Crippen molar-refractivity contribution in [2.75, 3.05) is 19.3 Å². The number of anilines is 1. The molecule has 0 aliphatic rings. The van der Waals surface area contributed by atoms with Gasteiger partial charge >= 0.3 is 0 Å². The van der Waals surface area contributed by atoms with E-state index in [1.807, 2.05) is 6.07 Å². The maximum atomic E-state index is 5.81. The Balaban J connectivity index is 2.47. The lowest BCUT2D eigenvalue weighted by Gasteiger charge is -2.16. The molecule has 0 saturated heterocycles. The fourth-order valence-corrected chi connectivity index (χ4v) is 1.38. The highest BCUT2D eigenvalue weighted by molar-refractivity contribution is 5.43. The van der Waals surface area contributed by atoms with E-state index in [0.717, 1.165) is 18.8 Å². The minimum Gasteiger partial charge on any atom is -0.397 e. The van der Waals surface area contributed by atoms with Crippen LogP contribution in [0.25, 0.3) is 0 Å². The standard InChI is InChI=1S/C11H19N3/c1-3-4-7-14(2)9-10-5-6-13-8-11(10)12/h5-6,8H,3-4,7,9,12H2,1-2H3. The second-order valence-electron chi connectivity index (χ2n) is 3.67. The van der Waals surface area contributed by atoms with Crippen molar-refractivity contribution >= 4 is 5.69 Å². The summed E-state index contributed by atoms with van der Waals surface area (Å²) < 4.78 is 0. The maximum absolute atomic E-state index is 5.81.